The van der Waals surface area contributed by atoms with E-state index in [0.29, 0.717) is 30.1 Å². The molecule has 2 heterocycles. The maximum Gasteiger partial charge on any atom is 0.265 e. The molecule has 0 spiro atoms. The van der Waals surface area contributed by atoms with Gasteiger partial charge in [-0.15, -0.1) is 0 Å². The minimum absolute atomic E-state index is 0.0393. The number of hydrogen-bond acceptors (Lipinski definition) is 4. The van der Waals surface area contributed by atoms with E-state index < -0.39 is 17.6 Å². The Bertz CT molecular complexity index is 988. The maximum atomic E-state index is 13.8. The zero-order valence-corrected chi connectivity index (χ0v) is 16.4. The monoisotopic (exact) mass is 411 g/mol. The highest BCUT2D eigenvalue weighted by atomic mass is 19.1. The standard InChI is InChI=1S/C22H22FN3O4/c23-16-6-2-3-7-17(16)24-20(27)13-26-18-12-15(8-9-19(18)30-14-21(26)28)22(29)25-10-4-1-5-11-25/h2-3,6-9,12H,1,4-5,10-11,13-14H2,(H,24,27). The number of ether oxygens (including phenoxy) is 1. The molecule has 0 atom stereocenters. The van der Waals surface area contributed by atoms with Crippen LogP contribution in [0.1, 0.15) is 29.6 Å². The highest BCUT2D eigenvalue weighted by Gasteiger charge is 2.29. The van der Waals surface area contributed by atoms with Crippen LogP contribution in [-0.2, 0) is 9.59 Å². The number of likely N-dealkylation sites (tertiary alicyclic amines) is 1. The highest BCUT2D eigenvalue weighted by molar-refractivity contribution is 6.06. The lowest BCUT2D eigenvalue weighted by atomic mass is 10.1. The highest BCUT2D eigenvalue weighted by Crippen LogP contribution is 2.33. The van der Waals surface area contributed by atoms with Gasteiger partial charge >= 0.3 is 0 Å². The molecule has 1 fully saturated rings. The van der Waals surface area contributed by atoms with E-state index in [0.717, 1.165) is 19.3 Å². The average Bonchev–Trinajstić information content (AvgIpc) is 2.77. The van der Waals surface area contributed by atoms with Gasteiger partial charge in [0.25, 0.3) is 11.8 Å². The number of carbonyl (C=O) groups is 3. The summed E-state index contributed by atoms with van der Waals surface area (Å²) in [5.41, 5.74) is 0.837. The number of halogens is 1. The van der Waals surface area contributed by atoms with Gasteiger partial charge in [0.2, 0.25) is 5.91 Å². The van der Waals surface area contributed by atoms with Gasteiger partial charge < -0.3 is 15.0 Å². The zero-order chi connectivity index (χ0) is 21.1. The van der Waals surface area contributed by atoms with Crippen LogP contribution in [0.3, 0.4) is 0 Å². The molecule has 0 aliphatic carbocycles. The lowest BCUT2D eigenvalue weighted by Crippen LogP contribution is -2.43. The van der Waals surface area contributed by atoms with Gasteiger partial charge in [-0.3, -0.25) is 19.3 Å². The molecule has 1 saturated heterocycles. The maximum absolute atomic E-state index is 13.8. The Morgan fingerprint density at radius 1 is 1.07 bits per heavy atom. The Morgan fingerprint density at radius 3 is 2.60 bits per heavy atom. The van der Waals surface area contributed by atoms with E-state index >= 15 is 0 Å². The molecule has 0 unspecified atom stereocenters. The number of nitrogens with one attached hydrogen (secondary N) is 1. The van der Waals surface area contributed by atoms with Gasteiger partial charge in [0.15, 0.2) is 6.61 Å². The Labute approximate surface area is 173 Å². The van der Waals surface area contributed by atoms with Crippen molar-refractivity contribution < 1.29 is 23.5 Å². The van der Waals surface area contributed by atoms with Crippen LogP contribution in [-0.4, -0.2) is 48.9 Å². The summed E-state index contributed by atoms with van der Waals surface area (Å²) in [6.07, 6.45) is 3.06. The number of para-hydroxylation sites is 1. The largest absolute Gasteiger partial charge is 0.482 e. The topological polar surface area (TPSA) is 79.0 Å². The van der Waals surface area contributed by atoms with E-state index in [1.807, 2.05) is 0 Å². The summed E-state index contributed by atoms with van der Waals surface area (Å²) in [6, 6.07) is 10.7. The summed E-state index contributed by atoms with van der Waals surface area (Å²) in [4.78, 5) is 40.8. The summed E-state index contributed by atoms with van der Waals surface area (Å²) >= 11 is 0. The number of fused-ring (bicyclic) bond motifs is 1. The minimum atomic E-state index is -0.561. The van der Waals surface area contributed by atoms with Crippen LogP contribution in [0.25, 0.3) is 0 Å². The van der Waals surface area contributed by atoms with Crippen LogP contribution < -0.4 is 15.0 Å². The van der Waals surface area contributed by atoms with Crippen molar-refractivity contribution in [3.05, 3.63) is 53.8 Å². The Hall–Kier alpha value is -3.42. The molecule has 2 aliphatic rings. The van der Waals surface area contributed by atoms with Crippen molar-refractivity contribution in [2.75, 3.05) is 36.5 Å². The second-order valence-corrected chi connectivity index (χ2v) is 7.33. The lowest BCUT2D eigenvalue weighted by Gasteiger charge is -2.30. The fourth-order valence-electron chi connectivity index (χ4n) is 3.68. The molecular formula is C22H22FN3O4. The summed E-state index contributed by atoms with van der Waals surface area (Å²) in [5, 5.41) is 2.47. The number of amides is 3. The fraction of sp³-hybridized carbons (Fsp3) is 0.318. The summed E-state index contributed by atoms with van der Waals surface area (Å²) in [6.45, 7) is 0.893. The first kappa shape index (κ1) is 19.9. The number of rotatable bonds is 4. The number of carbonyl (C=O) groups excluding carboxylic acids is 3. The van der Waals surface area contributed by atoms with Crippen molar-refractivity contribution in [3.63, 3.8) is 0 Å². The molecule has 30 heavy (non-hydrogen) atoms. The molecule has 0 aromatic heterocycles. The third kappa shape index (κ3) is 4.12. The van der Waals surface area contributed by atoms with Crippen LogP contribution in [0.15, 0.2) is 42.5 Å². The molecule has 3 amide bonds. The quantitative estimate of drug-likeness (QED) is 0.839. The van der Waals surface area contributed by atoms with Crippen molar-refractivity contribution >= 4 is 29.1 Å². The number of nitrogens with zero attached hydrogens (tertiary/aromatic N) is 2. The second-order valence-electron chi connectivity index (χ2n) is 7.33. The van der Waals surface area contributed by atoms with Gasteiger partial charge in [0.1, 0.15) is 18.1 Å². The van der Waals surface area contributed by atoms with Crippen molar-refractivity contribution in [2.45, 2.75) is 19.3 Å². The molecule has 0 radical (unpaired) electrons. The zero-order valence-electron chi connectivity index (χ0n) is 16.4. The Balaban J connectivity index is 1.55. The van der Waals surface area contributed by atoms with E-state index in [1.165, 1.54) is 23.1 Å². The van der Waals surface area contributed by atoms with Crippen LogP contribution >= 0.6 is 0 Å². The molecule has 7 nitrogen and oxygen atoms in total. The molecule has 8 heteroatoms. The Kier molecular flexibility index (Phi) is 5.65. The van der Waals surface area contributed by atoms with E-state index in [1.54, 1.807) is 29.2 Å². The van der Waals surface area contributed by atoms with Gasteiger partial charge in [-0.05, 0) is 49.6 Å². The summed E-state index contributed by atoms with van der Waals surface area (Å²) in [7, 11) is 0. The van der Waals surface area contributed by atoms with E-state index in [9.17, 15) is 18.8 Å². The van der Waals surface area contributed by atoms with Gasteiger partial charge in [0.05, 0.1) is 11.4 Å². The molecule has 2 aromatic carbocycles. The first-order valence-corrected chi connectivity index (χ1v) is 9.94. The van der Waals surface area contributed by atoms with Crippen LogP contribution in [0, 0.1) is 5.82 Å². The molecule has 2 aliphatic heterocycles. The fourth-order valence-corrected chi connectivity index (χ4v) is 3.68. The van der Waals surface area contributed by atoms with Crippen molar-refractivity contribution in [1.82, 2.24) is 4.90 Å². The summed E-state index contributed by atoms with van der Waals surface area (Å²) in [5.74, 6) is -1.20. The van der Waals surface area contributed by atoms with Crippen LogP contribution in [0.2, 0.25) is 0 Å². The number of hydrogen-bond donors (Lipinski definition) is 1. The number of piperidine rings is 1. The molecular weight excluding hydrogens is 389 g/mol. The lowest BCUT2D eigenvalue weighted by molar-refractivity contribution is -0.123. The van der Waals surface area contributed by atoms with Crippen molar-refractivity contribution in [3.8, 4) is 5.75 Å². The van der Waals surface area contributed by atoms with Gasteiger partial charge in [0, 0.05) is 18.7 Å². The van der Waals surface area contributed by atoms with Gasteiger partial charge in [-0.2, -0.15) is 0 Å². The minimum Gasteiger partial charge on any atom is -0.482 e. The second kappa shape index (κ2) is 8.52. The summed E-state index contributed by atoms with van der Waals surface area (Å²) < 4.78 is 19.3. The average molecular weight is 411 g/mol. The van der Waals surface area contributed by atoms with E-state index in [4.69, 9.17) is 4.74 Å². The number of benzene rings is 2. The van der Waals surface area contributed by atoms with E-state index in [2.05, 4.69) is 5.32 Å². The van der Waals surface area contributed by atoms with Gasteiger partial charge in [-0.25, -0.2) is 4.39 Å². The SMILES string of the molecule is O=C(CN1C(=O)COc2ccc(C(=O)N3CCCCC3)cc21)Nc1ccccc1F. The number of anilines is 2. The molecule has 2 aromatic rings. The smallest absolute Gasteiger partial charge is 0.265 e. The molecule has 1 N–H and O–H groups in total. The third-order valence-electron chi connectivity index (χ3n) is 5.24. The first-order chi connectivity index (χ1) is 14.5. The predicted molar refractivity (Wildman–Crippen MR) is 109 cm³/mol. The molecule has 0 bridgehead atoms. The molecule has 156 valence electrons. The predicted octanol–water partition coefficient (Wildman–Crippen LogP) is 2.82. The third-order valence-corrected chi connectivity index (χ3v) is 5.24. The molecule has 0 saturated carbocycles. The normalized spacial score (nSPS) is 16.0. The van der Waals surface area contributed by atoms with E-state index in [-0.39, 0.29) is 24.7 Å². The first-order valence-electron chi connectivity index (χ1n) is 9.94. The Morgan fingerprint density at radius 2 is 1.83 bits per heavy atom. The van der Waals surface area contributed by atoms with Crippen molar-refractivity contribution in [1.29, 1.82) is 0 Å². The molecule has 4 rings (SSSR count). The van der Waals surface area contributed by atoms with Crippen LogP contribution in [0.5, 0.6) is 5.75 Å². The van der Waals surface area contributed by atoms with Crippen molar-refractivity contribution in [2.24, 2.45) is 0 Å². The van der Waals surface area contributed by atoms with Gasteiger partial charge in [-0.1, -0.05) is 12.1 Å². The van der Waals surface area contributed by atoms with Crippen LogP contribution in [0.4, 0.5) is 15.8 Å².